The van der Waals surface area contributed by atoms with E-state index in [0.29, 0.717) is 0 Å². The molecule has 0 atom stereocenters. The van der Waals surface area contributed by atoms with Crippen molar-refractivity contribution in [1.29, 1.82) is 0 Å². The van der Waals surface area contributed by atoms with Crippen LogP contribution in [0.2, 0.25) is 0 Å². The minimum absolute atomic E-state index is 1.11. The van der Waals surface area contributed by atoms with E-state index in [4.69, 9.17) is 0 Å². The number of thiophene rings is 5. The van der Waals surface area contributed by atoms with Crippen LogP contribution in [0.25, 0.3) is 39.0 Å². The van der Waals surface area contributed by atoms with Crippen molar-refractivity contribution >= 4 is 72.6 Å². The van der Waals surface area contributed by atoms with Gasteiger partial charge in [-0.3, -0.25) is 0 Å². The van der Waals surface area contributed by atoms with Gasteiger partial charge in [-0.2, -0.15) is 0 Å². The fourth-order valence-electron chi connectivity index (χ4n) is 5.95. The highest BCUT2D eigenvalue weighted by molar-refractivity contribution is 9.09. The molecule has 0 N–H and O–H groups in total. The van der Waals surface area contributed by atoms with E-state index in [1.54, 1.807) is 26.4 Å². The van der Waals surface area contributed by atoms with Crippen LogP contribution >= 0.6 is 72.6 Å². The molecule has 0 radical (unpaired) electrons. The predicted octanol–water partition coefficient (Wildman–Crippen LogP) is 12.5. The van der Waals surface area contributed by atoms with Gasteiger partial charge in [0, 0.05) is 54.1 Å². The molecule has 0 saturated heterocycles. The summed E-state index contributed by atoms with van der Waals surface area (Å²) in [6.45, 7) is 0. The number of fused-ring (bicyclic) bond motifs is 2. The van der Waals surface area contributed by atoms with E-state index in [1.807, 2.05) is 56.7 Å². The second-order valence-electron chi connectivity index (χ2n) is 10.8. The first kappa shape index (κ1) is 26.9. The van der Waals surface area contributed by atoms with Crippen LogP contribution in [-0.4, -0.2) is 5.33 Å². The Morgan fingerprint density at radius 3 is 1.64 bits per heavy atom. The van der Waals surface area contributed by atoms with Crippen LogP contribution in [0.15, 0.2) is 42.5 Å². The van der Waals surface area contributed by atoms with Gasteiger partial charge >= 0.3 is 0 Å². The largest absolute Gasteiger partial charge is 0.139 e. The lowest BCUT2D eigenvalue weighted by atomic mass is 9.99. The zero-order valence-electron chi connectivity index (χ0n) is 22.2. The van der Waals surface area contributed by atoms with E-state index in [-0.39, 0.29) is 0 Å². The van der Waals surface area contributed by atoms with Crippen molar-refractivity contribution in [3.05, 3.63) is 68.9 Å². The van der Waals surface area contributed by atoms with Crippen LogP contribution in [0, 0.1) is 0 Å². The number of halogens is 1. The molecule has 0 spiro atoms. The first-order chi connectivity index (χ1) is 19.2. The van der Waals surface area contributed by atoms with Crippen LogP contribution < -0.4 is 0 Å². The van der Waals surface area contributed by atoms with Gasteiger partial charge in [-0.05, 0) is 130 Å². The molecule has 2 aliphatic carbocycles. The van der Waals surface area contributed by atoms with Crippen LogP contribution in [0.1, 0.15) is 71.4 Å². The second-order valence-corrected chi connectivity index (χ2v) is 17.1. The fourth-order valence-corrected chi connectivity index (χ4v) is 12.5. The zero-order valence-corrected chi connectivity index (χ0v) is 27.8. The Hall–Kier alpha value is -1.02. The van der Waals surface area contributed by atoms with Gasteiger partial charge in [0.05, 0.1) is 0 Å². The third-order valence-electron chi connectivity index (χ3n) is 8.05. The van der Waals surface area contributed by atoms with E-state index in [2.05, 4.69) is 58.4 Å². The zero-order chi connectivity index (χ0) is 26.2. The van der Waals surface area contributed by atoms with Gasteiger partial charge in [-0.1, -0.05) is 22.4 Å². The van der Waals surface area contributed by atoms with Gasteiger partial charge < -0.3 is 0 Å². The predicted molar refractivity (Wildman–Crippen MR) is 182 cm³/mol. The highest BCUT2D eigenvalue weighted by Crippen LogP contribution is 2.48. The summed E-state index contributed by atoms with van der Waals surface area (Å²) in [4.78, 5) is 14.9. The Morgan fingerprint density at radius 2 is 1.05 bits per heavy atom. The topological polar surface area (TPSA) is 0 Å². The molecule has 0 fully saturated rings. The normalized spacial score (nSPS) is 15.0. The Bertz CT molecular complexity index is 1520. The van der Waals surface area contributed by atoms with Crippen molar-refractivity contribution in [3.63, 3.8) is 0 Å². The lowest BCUT2D eigenvalue weighted by Gasteiger charge is -2.08. The Kier molecular flexibility index (Phi) is 8.31. The molecule has 0 amide bonds. The molecule has 5 heterocycles. The Labute approximate surface area is 260 Å². The number of alkyl halides is 1. The van der Waals surface area contributed by atoms with E-state index < -0.39 is 0 Å². The van der Waals surface area contributed by atoms with Crippen molar-refractivity contribution in [2.45, 2.75) is 77.0 Å². The molecular formula is C33H33BrS5. The number of aryl methyl sites for hydroxylation is 5. The van der Waals surface area contributed by atoms with E-state index >= 15 is 0 Å². The van der Waals surface area contributed by atoms with E-state index in [9.17, 15) is 0 Å². The minimum Gasteiger partial charge on any atom is -0.139 e. The molecule has 202 valence electrons. The van der Waals surface area contributed by atoms with Gasteiger partial charge in [0.1, 0.15) is 0 Å². The highest BCUT2D eigenvalue weighted by Gasteiger charge is 2.20. The van der Waals surface area contributed by atoms with Gasteiger partial charge in [0.2, 0.25) is 0 Å². The average molecular weight is 670 g/mol. The monoisotopic (exact) mass is 668 g/mol. The van der Waals surface area contributed by atoms with E-state index in [1.165, 1.54) is 116 Å². The minimum atomic E-state index is 1.11. The van der Waals surface area contributed by atoms with Gasteiger partial charge in [-0.15, -0.1) is 56.7 Å². The summed E-state index contributed by atoms with van der Waals surface area (Å²) in [5, 5.41) is 1.11. The maximum atomic E-state index is 3.61. The molecule has 7 rings (SSSR count). The molecule has 6 heteroatoms. The molecule has 2 aliphatic rings. The van der Waals surface area contributed by atoms with Crippen LogP contribution in [0.3, 0.4) is 0 Å². The van der Waals surface area contributed by atoms with Crippen LogP contribution in [-0.2, 0) is 32.1 Å². The molecule has 0 saturated carbocycles. The van der Waals surface area contributed by atoms with Crippen molar-refractivity contribution in [2.75, 3.05) is 5.33 Å². The van der Waals surface area contributed by atoms with Crippen molar-refractivity contribution < 1.29 is 0 Å². The summed E-state index contributed by atoms with van der Waals surface area (Å²) in [5.74, 6) is 0. The van der Waals surface area contributed by atoms with Gasteiger partial charge in [-0.25, -0.2) is 0 Å². The summed E-state index contributed by atoms with van der Waals surface area (Å²) in [6.07, 6.45) is 15.5. The van der Waals surface area contributed by atoms with Crippen LogP contribution in [0.5, 0.6) is 0 Å². The van der Waals surface area contributed by atoms with Crippen molar-refractivity contribution in [2.24, 2.45) is 0 Å². The first-order valence-corrected chi connectivity index (χ1v) is 19.6. The third kappa shape index (κ3) is 5.72. The summed E-state index contributed by atoms with van der Waals surface area (Å²) < 4.78 is 0. The molecule has 0 aliphatic heterocycles. The maximum Gasteiger partial charge on any atom is 0.0481 e. The first-order valence-electron chi connectivity index (χ1n) is 14.4. The summed E-state index contributed by atoms with van der Waals surface area (Å²) in [5.41, 5.74) is 4.77. The molecule has 39 heavy (non-hydrogen) atoms. The quantitative estimate of drug-likeness (QED) is 0.108. The Morgan fingerprint density at radius 1 is 0.513 bits per heavy atom. The second kappa shape index (κ2) is 12.1. The molecule has 0 unspecified atom stereocenters. The number of unbranched alkanes of at least 4 members (excludes halogenated alkanes) is 2. The van der Waals surface area contributed by atoms with Crippen LogP contribution in [0.4, 0.5) is 0 Å². The molecule has 5 aromatic rings. The third-order valence-corrected chi connectivity index (χ3v) is 15.2. The fraction of sp³-hybridized carbons (Fsp3) is 0.394. The number of hydrogen-bond donors (Lipinski definition) is 0. The molecule has 0 aromatic carbocycles. The van der Waals surface area contributed by atoms with E-state index in [0.717, 1.165) is 5.33 Å². The standard InChI is InChI=1S/C33H33BrS5/c34-17-7-1-2-10-23-20-32(28-14-13-26(37-28)30-18-21-8-3-5-11-24(21)35-30)39-33(23)29-16-15-27(38-29)31-19-22-9-4-6-12-25(22)36-31/h13-16,18-20H,1-12,17H2. The molecule has 0 nitrogen and oxygen atoms in total. The lowest BCUT2D eigenvalue weighted by Crippen LogP contribution is -1.96. The number of rotatable bonds is 9. The summed E-state index contributed by atoms with van der Waals surface area (Å²) in [6, 6.07) is 17.0. The van der Waals surface area contributed by atoms with Crippen molar-refractivity contribution in [1.82, 2.24) is 0 Å². The molecule has 5 aromatic heterocycles. The highest BCUT2D eigenvalue weighted by atomic mass is 79.9. The molecule has 0 bridgehead atoms. The SMILES string of the molecule is BrCCCCCc1cc(-c2ccc(-c3cc4c(s3)CCCC4)s2)sc1-c1ccc(-c2cc3c(s2)CCCC3)s1. The average Bonchev–Trinajstić information content (AvgIpc) is 3.78. The maximum absolute atomic E-state index is 3.61. The smallest absolute Gasteiger partial charge is 0.0481 e. The Balaban J connectivity index is 1.18. The van der Waals surface area contributed by atoms with Gasteiger partial charge in [0.15, 0.2) is 0 Å². The summed E-state index contributed by atoms with van der Waals surface area (Å²) in [7, 11) is 0. The summed E-state index contributed by atoms with van der Waals surface area (Å²) >= 11 is 13.7. The lowest BCUT2D eigenvalue weighted by molar-refractivity contribution is 0.697. The molecular weight excluding hydrogens is 637 g/mol. The number of hydrogen-bond acceptors (Lipinski definition) is 5. The van der Waals surface area contributed by atoms with Gasteiger partial charge in [0.25, 0.3) is 0 Å². The van der Waals surface area contributed by atoms with Crippen molar-refractivity contribution in [3.8, 4) is 39.0 Å².